The van der Waals surface area contributed by atoms with E-state index in [-0.39, 0.29) is 0 Å². The summed E-state index contributed by atoms with van der Waals surface area (Å²) >= 11 is 0. The van der Waals surface area contributed by atoms with Crippen LogP contribution in [0.5, 0.6) is 0 Å². The largest absolute Gasteiger partial charge is 0.313 e. The van der Waals surface area contributed by atoms with Crippen molar-refractivity contribution in [1.82, 2.24) is 10.2 Å². The third-order valence-electron chi connectivity index (χ3n) is 4.63. The smallest absolute Gasteiger partial charge is 0.0107 e. The molecule has 0 bridgehead atoms. The molecule has 1 N–H and O–H groups in total. The third-order valence-corrected chi connectivity index (χ3v) is 4.63. The topological polar surface area (TPSA) is 15.3 Å². The minimum absolute atomic E-state index is 0.709. The lowest BCUT2D eigenvalue weighted by atomic mass is 9.84. The first-order valence-corrected chi connectivity index (χ1v) is 7.58. The molecule has 1 aliphatic carbocycles. The average molecular weight is 240 g/mol. The molecular weight excluding hydrogens is 208 g/mol. The van der Waals surface area contributed by atoms with E-state index in [4.69, 9.17) is 0 Å². The molecule has 2 heteroatoms. The Morgan fingerprint density at radius 3 is 2.41 bits per heavy atom. The Morgan fingerprint density at radius 2 is 1.82 bits per heavy atom. The van der Waals surface area contributed by atoms with Crippen molar-refractivity contribution >= 4 is 0 Å². The fraction of sp³-hybridized carbons (Fsp3) is 1.00. The maximum absolute atomic E-state index is 3.72. The molecule has 1 aliphatic rings. The standard InChI is InChI=1S/C15H32N2/c1-5-13(2)17(4)12-11-16-14(3)15-9-7-6-8-10-15/h13-16H,5-12H2,1-4H3. The Hall–Kier alpha value is -0.0800. The van der Waals surface area contributed by atoms with Crippen LogP contribution in [0.1, 0.15) is 59.3 Å². The van der Waals surface area contributed by atoms with E-state index in [1.807, 2.05) is 0 Å². The molecule has 1 rings (SSSR count). The van der Waals surface area contributed by atoms with Crippen molar-refractivity contribution in [1.29, 1.82) is 0 Å². The second-order valence-corrected chi connectivity index (χ2v) is 5.88. The summed E-state index contributed by atoms with van der Waals surface area (Å²) in [6.45, 7) is 9.26. The van der Waals surface area contributed by atoms with Crippen LogP contribution in [0.25, 0.3) is 0 Å². The molecule has 0 aliphatic heterocycles. The second kappa shape index (κ2) is 8.10. The summed E-state index contributed by atoms with van der Waals surface area (Å²) in [4.78, 5) is 2.46. The molecule has 1 fully saturated rings. The molecule has 17 heavy (non-hydrogen) atoms. The number of nitrogens with zero attached hydrogens (tertiary/aromatic N) is 1. The summed E-state index contributed by atoms with van der Waals surface area (Å²) in [6, 6.07) is 1.42. The molecule has 0 spiro atoms. The van der Waals surface area contributed by atoms with Gasteiger partial charge in [-0.15, -0.1) is 0 Å². The molecule has 0 heterocycles. The van der Waals surface area contributed by atoms with Gasteiger partial charge >= 0.3 is 0 Å². The molecular formula is C15H32N2. The van der Waals surface area contributed by atoms with E-state index in [2.05, 4.69) is 38.0 Å². The van der Waals surface area contributed by atoms with E-state index >= 15 is 0 Å². The highest BCUT2D eigenvalue weighted by Crippen LogP contribution is 2.26. The zero-order valence-corrected chi connectivity index (χ0v) is 12.3. The third kappa shape index (κ3) is 5.39. The zero-order valence-electron chi connectivity index (χ0n) is 12.3. The van der Waals surface area contributed by atoms with Gasteiger partial charge in [0.05, 0.1) is 0 Å². The number of rotatable bonds is 7. The predicted octanol–water partition coefficient (Wildman–Crippen LogP) is 3.28. The first-order valence-electron chi connectivity index (χ1n) is 7.58. The highest BCUT2D eigenvalue weighted by molar-refractivity contribution is 4.76. The summed E-state index contributed by atoms with van der Waals surface area (Å²) in [5.74, 6) is 0.928. The molecule has 102 valence electrons. The lowest BCUT2D eigenvalue weighted by molar-refractivity contribution is 0.232. The monoisotopic (exact) mass is 240 g/mol. The number of hydrogen-bond donors (Lipinski definition) is 1. The molecule has 1 saturated carbocycles. The van der Waals surface area contributed by atoms with Crippen molar-refractivity contribution in [3.05, 3.63) is 0 Å². The molecule has 2 atom stereocenters. The van der Waals surface area contributed by atoms with Crippen LogP contribution in [0, 0.1) is 5.92 Å². The van der Waals surface area contributed by atoms with Gasteiger partial charge in [0.1, 0.15) is 0 Å². The number of likely N-dealkylation sites (N-methyl/N-ethyl adjacent to an activating group) is 1. The van der Waals surface area contributed by atoms with Gasteiger partial charge in [-0.3, -0.25) is 0 Å². The van der Waals surface area contributed by atoms with Gasteiger partial charge in [0.15, 0.2) is 0 Å². The normalized spacial score (nSPS) is 21.7. The van der Waals surface area contributed by atoms with Gasteiger partial charge in [0.2, 0.25) is 0 Å². The molecule has 0 radical (unpaired) electrons. The van der Waals surface area contributed by atoms with Crippen molar-refractivity contribution in [3.63, 3.8) is 0 Å². The molecule has 2 nitrogen and oxygen atoms in total. The van der Waals surface area contributed by atoms with Crippen molar-refractivity contribution < 1.29 is 0 Å². The SMILES string of the molecule is CCC(C)N(C)CCNC(C)C1CCCCC1. The van der Waals surface area contributed by atoms with Crippen LogP contribution >= 0.6 is 0 Å². The van der Waals surface area contributed by atoms with Gasteiger partial charge in [0, 0.05) is 25.2 Å². The Bertz CT molecular complexity index is 187. The van der Waals surface area contributed by atoms with E-state index < -0.39 is 0 Å². The number of nitrogens with one attached hydrogen (secondary N) is 1. The van der Waals surface area contributed by atoms with Gasteiger partial charge in [-0.1, -0.05) is 26.2 Å². The summed E-state index contributed by atoms with van der Waals surface area (Å²) < 4.78 is 0. The van der Waals surface area contributed by atoms with E-state index in [0.29, 0.717) is 12.1 Å². The highest BCUT2D eigenvalue weighted by atomic mass is 15.1. The first-order chi connectivity index (χ1) is 8.15. The van der Waals surface area contributed by atoms with Gasteiger partial charge in [0.25, 0.3) is 0 Å². The summed E-state index contributed by atoms with van der Waals surface area (Å²) in [5.41, 5.74) is 0. The van der Waals surface area contributed by atoms with Crippen molar-refractivity contribution in [3.8, 4) is 0 Å². The van der Waals surface area contributed by atoms with Crippen LogP contribution in [0.4, 0.5) is 0 Å². The van der Waals surface area contributed by atoms with Crippen LogP contribution in [-0.2, 0) is 0 Å². The summed E-state index contributed by atoms with van der Waals surface area (Å²) in [5, 5.41) is 3.72. The van der Waals surface area contributed by atoms with Gasteiger partial charge in [-0.05, 0) is 46.1 Å². The van der Waals surface area contributed by atoms with Gasteiger partial charge in [-0.2, -0.15) is 0 Å². The van der Waals surface area contributed by atoms with E-state index in [1.165, 1.54) is 45.1 Å². The molecule has 0 amide bonds. The molecule has 0 aromatic rings. The van der Waals surface area contributed by atoms with E-state index in [9.17, 15) is 0 Å². The van der Waals surface area contributed by atoms with Crippen LogP contribution < -0.4 is 5.32 Å². The maximum Gasteiger partial charge on any atom is 0.0107 e. The van der Waals surface area contributed by atoms with Crippen LogP contribution in [0.2, 0.25) is 0 Å². The predicted molar refractivity (Wildman–Crippen MR) is 76.4 cm³/mol. The molecule has 0 aromatic heterocycles. The van der Waals surface area contributed by atoms with E-state index in [0.717, 1.165) is 12.5 Å². The molecule has 2 unspecified atom stereocenters. The Balaban J connectivity index is 2.12. The summed E-state index contributed by atoms with van der Waals surface area (Å²) in [6.07, 6.45) is 8.48. The van der Waals surface area contributed by atoms with Crippen LogP contribution in [0.15, 0.2) is 0 Å². The van der Waals surface area contributed by atoms with Gasteiger partial charge < -0.3 is 10.2 Å². The fourth-order valence-corrected chi connectivity index (χ4v) is 2.80. The van der Waals surface area contributed by atoms with Crippen molar-refractivity contribution in [2.45, 2.75) is 71.4 Å². The average Bonchev–Trinajstić information content (AvgIpc) is 2.38. The minimum atomic E-state index is 0.709. The molecule has 0 saturated heterocycles. The van der Waals surface area contributed by atoms with Crippen LogP contribution in [0.3, 0.4) is 0 Å². The Labute approximate surface area is 108 Å². The maximum atomic E-state index is 3.72. The fourth-order valence-electron chi connectivity index (χ4n) is 2.80. The first kappa shape index (κ1) is 15.0. The highest BCUT2D eigenvalue weighted by Gasteiger charge is 2.19. The molecule has 0 aromatic carbocycles. The zero-order chi connectivity index (χ0) is 12.7. The Morgan fingerprint density at radius 1 is 1.18 bits per heavy atom. The van der Waals surface area contributed by atoms with Crippen LogP contribution in [-0.4, -0.2) is 37.1 Å². The Kier molecular flexibility index (Phi) is 7.14. The lowest BCUT2D eigenvalue weighted by Crippen LogP contribution is -2.41. The lowest BCUT2D eigenvalue weighted by Gasteiger charge is -2.30. The van der Waals surface area contributed by atoms with E-state index in [1.54, 1.807) is 0 Å². The minimum Gasteiger partial charge on any atom is -0.313 e. The number of hydrogen-bond acceptors (Lipinski definition) is 2. The van der Waals surface area contributed by atoms with Crippen molar-refractivity contribution in [2.24, 2.45) is 5.92 Å². The second-order valence-electron chi connectivity index (χ2n) is 5.88. The van der Waals surface area contributed by atoms with Crippen molar-refractivity contribution in [2.75, 3.05) is 20.1 Å². The quantitative estimate of drug-likeness (QED) is 0.735. The van der Waals surface area contributed by atoms with Gasteiger partial charge in [-0.25, -0.2) is 0 Å². The summed E-state index contributed by atoms with van der Waals surface area (Å²) in [7, 11) is 2.24.